The molecule has 1 N–H and O–H groups in total. The zero-order chi connectivity index (χ0) is 6.85. The average Bonchev–Trinajstić information content (AvgIpc) is 1.80. The van der Waals surface area contributed by atoms with Gasteiger partial charge < -0.3 is 5.11 Å². The van der Waals surface area contributed by atoms with Crippen LogP contribution in [0.2, 0.25) is 5.15 Å². The summed E-state index contributed by atoms with van der Waals surface area (Å²) in [6, 6.07) is 3.08. The summed E-state index contributed by atoms with van der Waals surface area (Å²) in [5.74, 6) is -0.000123. The standard InChI is InChI=1S/C5H3BrClNO/c6-4-2-1-3(9)5(7)8-4/h1-2,9H. The maximum absolute atomic E-state index is 8.83. The molecule has 1 heterocycles. The summed E-state index contributed by atoms with van der Waals surface area (Å²) < 4.78 is 0.616. The molecule has 0 aliphatic rings. The van der Waals surface area contributed by atoms with Gasteiger partial charge in [-0.15, -0.1) is 0 Å². The molecule has 0 aliphatic heterocycles. The quantitative estimate of drug-likeness (QED) is 0.663. The van der Waals surface area contributed by atoms with Crippen molar-refractivity contribution in [1.29, 1.82) is 0 Å². The third-order valence-electron chi connectivity index (χ3n) is 0.795. The van der Waals surface area contributed by atoms with Crippen LogP contribution in [0.5, 0.6) is 5.75 Å². The average molecular weight is 208 g/mol. The van der Waals surface area contributed by atoms with E-state index in [0.717, 1.165) is 0 Å². The van der Waals surface area contributed by atoms with Gasteiger partial charge in [-0.05, 0) is 28.1 Å². The Kier molecular flexibility index (Phi) is 1.93. The van der Waals surface area contributed by atoms with E-state index in [0.29, 0.717) is 4.60 Å². The van der Waals surface area contributed by atoms with E-state index < -0.39 is 0 Å². The van der Waals surface area contributed by atoms with Crippen molar-refractivity contribution in [2.75, 3.05) is 0 Å². The second kappa shape index (κ2) is 2.54. The topological polar surface area (TPSA) is 33.1 Å². The highest BCUT2D eigenvalue weighted by Gasteiger charge is 1.97. The number of pyridine rings is 1. The predicted octanol–water partition coefficient (Wildman–Crippen LogP) is 2.20. The molecule has 0 fully saturated rings. The van der Waals surface area contributed by atoms with Gasteiger partial charge in [-0.3, -0.25) is 0 Å². The van der Waals surface area contributed by atoms with Crippen LogP contribution in [0.25, 0.3) is 0 Å². The van der Waals surface area contributed by atoms with Gasteiger partial charge in [0.15, 0.2) is 10.9 Å². The molecule has 48 valence electrons. The van der Waals surface area contributed by atoms with Crippen LogP contribution in [0.4, 0.5) is 0 Å². The molecule has 0 amide bonds. The number of nitrogens with zero attached hydrogens (tertiary/aromatic N) is 1. The molecule has 4 heteroatoms. The van der Waals surface area contributed by atoms with E-state index in [1.54, 1.807) is 6.07 Å². The Hall–Kier alpha value is -0.280. The molecule has 0 aromatic carbocycles. The monoisotopic (exact) mass is 207 g/mol. The minimum Gasteiger partial charge on any atom is -0.505 e. The van der Waals surface area contributed by atoms with Gasteiger partial charge >= 0.3 is 0 Å². The van der Waals surface area contributed by atoms with Gasteiger partial charge in [-0.25, -0.2) is 4.98 Å². The van der Waals surface area contributed by atoms with E-state index in [9.17, 15) is 0 Å². The van der Waals surface area contributed by atoms with Gasteiger partial charge in [0.1, 0.15) is 4.60 Å². The SMILES string of the molecule is Oc1ccc(Br)nc1Cl. The van der Waals surface area contributed by atoms with Crippen molar-refractivity contribution in [3.05, 3.63) is 21.9 Å². The fourth-order valence-corrected chi connectivity index (χ4v) is 0.970. The number of halogens is 2. The molecule has 0 aliphatic carbocycles. The molecular weight excluding hydrogens is 205 g/mol. The molecule has 0 atom stereocenters. The van der Waals surface area contributed by atoms with Gasteiger partial charge in [-0.1, -0.05) is 11.6 Å². The highest BCUT2D eigenvalue weighted by Crippen LogP contribution is 2.21. The Morgan fingerprint density at radius 2 is 2.22 bits per heavy atom. The lowest BCUT2D eigenvalue weighted by Crippen LogP contribution is -1.75. The highest BCUT2D eigenvalue weighted by atomic mass is 79.9. The third kappa shape index (κ3) is 1.56. The van der Waals surface area contributed by atoms with Gasteiger partial charge in [0.05, 0.1) is 0 Å². The van der Waals surface area contributed by atoms with Crippen molar-refractivity contribution in [2.24, 2.45) is 0 Å². The van der Waals surface area contributed by atoms with Crippen LogP contribution in [0.3, 0.4) is 0 Å². The number of aromatic nitrogens is 1. The van der Waals surface area contributed by atoms with Crippen LogP contribution in [0, 0.1) is 0 Å². The minimum atomic E-state index is -0.000123. The van der Waals surface area contributed by atoms with Gasteiger partial charge in [-0.2, -0.15) is 0 Å². The number of hydrogen-bond donors (Lipinski definition) is 1. The second-order valence-electron chi connectivity index (χ2n) is 1.44. The van der Waals surface area contributed by atoms with Gasteiger partial charge in [0, 0.05) is 0 Å². The summed E-state index contributed by atoms with van der Waals surface area (Å²) in [7, 11) is 0. The molecule has 9 heavy (non-hydrogen) atoms. The summed E-state index contributed by atoms with van der Waals surface area (Å²) >= 11 is 8.51. The minimum absolute atomic E-state index is 0.000123. The van der Waals surface area contributed by atoms with Crippen LogP contribution >= 0.6 is 27.5 Å². The first kappa shape index (κ1) is 6.83. The van der Waals surface area contributed by atoms with Crippen LogP contribution in [-0.4, -0.2) is 10.1 Å². The third-order valence-corrected chi connectivity index (χ3v) is 1.51. The number of aromatic hydroxyl groups is 1. The van der Waals surface area contributed by atoms with E-state index in [1.807, 2.05) is 0 Å². The van der Waals surface area contributed by atoms with E-state index in [2.05, 4.69) is 20.9 Å². The number of rotatable bonds is 0. The lowest BCUT2D eigenvalue weighted by molar-refractivity contribution is 0.472. The summed E-state index contributed by atoms with van der Waals surface area (Å²) in [5.41, 5.74) is 0. The largest absolute Gasteiger partial charge is 0.505 e. The summed E-state index contributed by atoms with van der Waals surface area (Å²) in [6.07, 6.45) is 0. The molecule has 0 bridgehead atoms. The van der Waals surface area contributed by atoms with Crippen LogP contribution in [0.15, 0.2) is 16.7 Å². The highest BCUT2D eigenvalue weighted by molar-refractivity contribution is 9.10. The lowest BCUT2D eigenvalue weighted by atomic mass is 10.5. The first-order chi connectivity index (χ1) is 4.20. The first-order valence-electron chi connectivity index (χ1n) is 2.21. The zero-order valence-corrected chi connectivity index (χ0v) is 6.65. The Balaban J connectivity index is 3.17. The molecule has 0 radical (unpaired) electrons. The van der Waals surface area contributed by atoms with E-state index in [1.165, 1.54) is 6.07 Å². The van der Waals surface area contributed by atoms with Crippen LogP contribution in [0.1, 0.15) is 0 Å². The van der Waals surface area contributed by atoms with Crippen molar-refractivity contribution in [2.45, 2.75) is 0 Å². The molecule has 1 rings (SSSR count). The Morgan fingerprint density at radius 1 is 1.56 bits per heavy atom. The molecule has 2 nitrogen and oxygen atoms in total. The van der Waals surface area contributed by atoms with Crippen molar-refractivity contribution < 1.29 is 5.11 Å². The molecule has 0 saturated heterocycles. The Bertz CT molecular complexity index is 228. The normalized spacial score (nSPS) is 9.56. The first-order valence-corrected chi connectivity index (χ1v) is 3.38. The lowest BCUT2D eigenvalue weighted by Gasteiger charge is -1.92. The van der Waals surface area contributed by atoms with Crippen molar-refractivity contribution in [3.8, 4) is 5.75 Å². The van der Waals surface area contributed by atoms with E-state index in [-0.39, 0.29) is 10.9 Å². The number of hydrogen-bond acceptors (Lipinski definition) is 2. The fraction of sp³-hybridized carbons (Fsp3) is 0. The molecule has 1 aromatic heterocycles. The van der Waals surface area contributed by atoms with Crippen molar-refractivity contribution in [1.82, 2.24) is 4.98 Å². The molecule has 0 saturated carbocycles. The van der Waals surface area contributed by atoms with E-state index >= 15 is 0 Å². The zero-order valence-electron chi connectivity index (χ0n) is 4.31. The molecule has 0 unspecified atom stereocenters. The van der Waals surface area contributed by atoms with Gasteiger partial charge in [0.25, 0.3) is 0 Å². The smallest absolute Gasteiger partial charge is 0.171 e. The maximum atomic E-state index is 8.83. The maximum Gasteiger partial charge on any atom is 0.171 e. The van der Waals surface area contributed by atoms with E-state index in [4.69, 9.17) is 16.7 Å². The second-order valence-corrected chi connectivity index (χ2v) is 2.61. The summed E-state index contributed by atoms with van der Waals surface area (Å²) in [6.45, 7) is 0. The fourth-order valence-electron chi connectivity index (χ4n) is 0.405. The summed E-state index contributed by atoms with van der Waals surface area (Å²) in [5, 5.41) is 8.94. The Labute approximate surface area is 65.6 Å². The molecule has 1 aromatic rings. The molecular formula is C5H3BrClNO. The Morgan fingerprint density at radius 3 is 2.67 bits per heavy atom. The van der Waals surface area contributed by atoms with Crippen molar-refractivity contribution >= 4 is 27.5 Å². The van der Waals surface area contributed by atoms with Crippen LogP contribution < -0.4 is 0 Å². The molecule has 0 spiro atoms. The van der Waals surface area contributed by atoms with Gasteiger partial charge in [0.2, 0.25) is 0 Å². The van der Waals surface area contributed by atoms with Crippen molar-refractivity contribution in [3.63, 3.8) is 0 Å². The van der Waals surface area contributed by atoms with Crippen LogP contribution in [-0.2, 0) is 0 Å². The summed E-state index contributed by atoms with van der Waals surface area (Å²) in [4.78, 5) is 3.71. The predicted molar refractivity (Wildman–Crippen MR) is 38.6 cm³/mol.